The molecule has 1 aromatic carbocycles. The molecule has 0 spiro atoms. The Hall–Kier alpha value is -2.37. The lowest BCUT2D eigenvalue weighted by molar-refractivity contribution is 0.204. The van der Waals surface area contributed by atoms with Crippen molar-refractivity contribution in [3.05, 3.63) is 53.9 Å². The molecule has 0 bridgehead atoms. The number of nitrogens with one attached hydrogen (secondary N) is 1. The van der Waals surface area contributed by atoms with Gasteiger partial charge in [0.15, 0.2) is 0 Å². The zero-order chi connectivity index (χ0) is 17.1. The molecule has 2 unspecified atom stereocenters. The van der Waals surface area contributed by atoms with Crippen LogP contribution in [0.2, 0.25) is 0 Å². The Balaban J connectivity index is 1.54. The van der Waals surface area contributed by atoms with E-state index >= 15 is 0 Å². The second kappa shape index (κ2) is 7.03. The number of rotatable bonds is 4. The molecule has 0 aliphatic carbocycles. The van der Waals surface area contributed by atoms with E-state index in [2.05, 4.69) is 10.3 Å². The summed E-state index contributed by atoms with van der Waals surface area (Å²) in [6, 6.07) is 6.47. The Kier molecular flexibility index (Phi) is 4.83. The molecule has 5 nitrogen and oxygen atoms in total. The molecule has 0 saturated carbocycles. The van der Waals surface area contributed by atoms with Gasteiger partial charge in [0.05, 0.1) is 0 Å². The van der Waals surface area contributed by atoms with Crippen molar-refractivity contribution in [3.8, 4) is 0 Å². The molecule has 1 saturated heterocycles. The number of carbonyl (C=O) groups is 1. The first-order valence-corrected chi connectivity index (χ1v) is 8.30. The van der Waals surface area contributed by atoms with E-state index in [1.54, 1.807) is 18.3 Å². The molecule has 128 valence electrons. The zero-order valence-corrected chi connectivity index (χ0v) is 14.1. The quantitative estimate of drug-likeness (QED) is 0.937. The van der Waals surface area contributed by atoms with E-state index < -0.39 is 0 Å². The van der Waals surface area contributed by atoms with Crippen LogP contribution in [0, 0.1) is 5.82 Å². The zero-order valence-electron chi connectivity index (χ0n) is 14.1. The third-order valence-corrected chi connectivity index (χ3v) is 4.55. The summed E-state index contributed by atoms with van der Waals surface area (Å²) in [5, 5.41) is 2.97. The van der Waals surface area contributed by atoms with Gasteiger partial charge in [-0.3, -0.25) is 0 Å². The van der Waals surface area contributed by atoms with Crippen LogP contribution in [0.4, 0.5) is 9.18 Å². The van der Waals surface area contributed by atoms with E-state index in [1.165, 1.54) is 6.07 Å². The SMILES string of the molecule is CC(Cc1ccccc1F)NC(=O)N1CCC(c2nccn2C)C1. The number of benzene rings is 1. The van der Waals surface area contributed by atoms with Crippen molar-refractivity contribution in [2.75, 3.05) is 13.1 Å². The molecule has 1 aliphatic heterocycles. The van der Waals surface area contributed by atoms with Crippen LogP contribution in [0.25, 0.3) is 0 Å². The van der Waals surface area contributed by atoms with Crippen LogP contribution in [0.15, 0.2) is 36.7 Å². The second-order valence-electron chi connectivity index (χ2n) is 6.47. The van der Waals surface area contributed by atoms with E-state index in [-0.39, 0.29) is 23.8 Å². The van der Waals surface area contributed by atoms with Crippen LogP contribution in [-0.4, -0.2) is 39.6 Å². The van der Waals surface area contributed by atoms with Gasteiger partial charge in [0, 0.05) is 44.5 Å². The summed E-state index contributed by atoms with van der Waals surface area (Å²) >= 11 is 0. The Morgan fingerprint density at radius 2 is 2.25 bits per heavy atom. The third kappa shape index (κ3) is 3.58. The van der Waals surface area contributed by atoms with Crippen molar-refractivity contribution >= 4 is 6.03 Å². The maximum atomic E-state index is 13.7. The van der Waals surface area contributed by atoms with Gasteiger partial charge in [-0.2, -0.15) is 0 Å². The number of urea groups is 1. The van der Waals surface area contributed by atoms with Crippen molar-refractivity contribution in [2.24, 2.45) is 7.05 Å². The highest BCUT2D eigenvalue weighted by Crippen LogP contribution is 2.25. The van der Waals surface area contributed by atoms with Crippen LogP contribution in [0.3, 0.4) is 0 Å². The maximum absolute atomic E-state index is 13.7. The first kappa shape index (κ1) is 16.5. The number of nitrogens with zero attached hydrogens (tertiary/aromatic N) is 3. The number of hydrogen-bond donors (Lipinski definition) is 1. The predicted octanol–water partition coefficient (Wildman–Crippen LogP) is 2.69. The van der Waals surface area contributed by atoms with E-state index in [9.17, 15) is 9.18 Å². The first-order chi connectivity index (χ1) is 11.5. The fraction of sp³-hybridized carbons (Fsp3) is 0.444. The molecule has 2 atom stereocenters. The minimum absolute atomic E-state index is 0.0875. The smallest absolute Gasteiger partial charge is 0.317 e. The average Bonchev–Trinajstić information content (AvgIpc) is 3.18. The second-order valence-corrected chi connectivity index (χ2v) is 6.47. The van der Waals surface area contributed by atoms with Crippen LogP contribution in [0.5, 0.6) is 0 Å². The number of hydrogen-bond acceptors (Lipinski definition) is 2. The minimum Gasteiger partial charge on any atom is -0.338 e. The summed E-state index contributed by atoms with van der Waals surface area (Å²) in [6.45, 7) is 3.29. The molecule has 2 amide bonds. The summed E-state index contributed by atoms with van der Waals surface area (Å²) in [5.41, 5.74) is 0.623. The lowest BCUT2D eigenvalue weighted by Gasteiger charge is -2.21. The highest BCUT2D eigenvalue weighted by atomic mass is 19.1. The molecule has 0 radical (unpaired) electrons. The Bertz CT molecular complexity index is 715. The number of amides is 2. The van der Waals surface area contributed by atoms with Gasteiger partial charge in [-0.25, -0.2) is 14.2 Å². The number of aromatic nitrogens is 2. The summed E-state index contributed by atoms with van der Waals surface area (Å²) in [5.74, 6) is 1.07. The topological polar surface area (TPSA) is 50.2 Å². The van der Waals surface area contributed by atoms with E-state index in [4.69, 9.17) is 0 Å². The van der Waals surface area contributed by atoms with Crippen molar-refractivity contribution in [1.29, 1.82) is 0 Å². The molecule has 24 heavy (non-hydrogen) atoms. The highest BCUT2D eigenvalue weighted by Gasteiger charge is 2.30. The van der Waals surface area contributed by atoms with Gasteiger partial charge in [0.1, 0.15) is 11.6 Å². The van der Waals surface area contributed by atoms with Gasteiger partial charge in [-0.15, -0.1) is 0 Å². The van der Waals surface area contributed by atoms with Gasteiger partial charge < -0.3 is 14.8 Å². The van der Waals surface area contributed by atoms with E-state index in [0.717, 1.165) is 18.8 Å². The average molecular weight is 330 g/mol. The number of aryl methyl sites for hydroxylation is 1. The van der Waals surface area contributed by atoms with Gasteiger partial charge in [-0.05, 0) is 31.4 Å². The summed E-state index contributed by atoms with van der Waals surface area (Å²) in [7, 11) is 1.97. The minimum atomic E-state index is -0.227. The Morgan fingerprint density at radius 3 is 2.96 bits per heavy atom. The molecular formula is C18H23FN4O. The molecule has 1 fully saturated rings. The fourth-order valence-electron chi connectivity index (χ4n) is 3.27. The van der Waals surface area contributed by atoms with Gasteiger partial charge in [-0.1, -0.05) is 18.2 Å². The van der Waals surface area contributed by atoms with E-state index in [1.807, 2.05) is 35.7 Å². The third-order valence-electron chi connectivity index (χ3n) is 4.55. The molecule has 1 N–H and O–H groups in total. The largest absolute Gasteiger partial charge is 0.338 e. The standard InChI is InChI=1S/C18H23FN4O/c1-13(11-14-5-3-4-6-16(14)19)21-18(24)23-9-7-15(12-23)17-20-8-10-22(17)2/h3-6,8,10,13,15H,7,9,11-12H2,1-2H3,(H,21,24). The molecule has 1 aromatic heterocycles. The highest BCUT2D eigenvalue weighted by molar-refractivity contribution is 5.75. The summed E-state index contributed by atoms with van der Waals surface area (Å²) < 4.78 is 15.7. The van der Waals surface area contributed by atoms with Gasteiger partial charge in [0.25, 0.3) is 0 Å². The Labute approximate surface area is 141 Å². The lowest BCUT2D eigenvalue weighted by Crippen LogP contribution is -2.43. The van der Waals surface area contributed by atoms with E-state index in [0.29, 0.717) is 18.5 Å². The fourth-order valence-corrected chi connectivity index (χ4v) is 3.27. The van der Waals surface area contributed by atoms with Gasteiger partial charge in [0.2, 0.25) is 0 Å². The first-order valence-electron chi connectivity index (χ1n) is 8.30. The molecule has 2 aromatic rings. The lowest BCUT2D eigenvalue weighted by atomic mass is 10.1. The van der Waals surface area contributed by atoms with Crippen molar-refractivity contribution < 1.29 is 9.18 Å². The van der Waals surface area contributed by atoms with Crippen LogP contribution < -0.4 is 5.32 Å². The summed E-state index contributed by atoms with van der Waals surface area (Å²) in [6.07, 6.45) is 5.11. The number of imidazole rings is 1. The molecule has 3 rings (SSSR count). The van der Waals surface area contributed by atoms with Crippen molar-refractivity contribution in [2.45, 2.75) is 31.7 Å². The van der Waals surface area contributed by atoms with Crippen LogP contribution in [0.1, 0.15) is 30.7 Å². The summed E-state index contributed by atoms with van der Waals surface area (Å²) in [4.78, 5) is 18.6. The normalized spacial score (nSPS) is 18.6. The maximum Gasteiger partial charge on any atom is 0.317 e. The van der Waals surface area contributed by atoms with Crippen molar-refractivity contribution in [1.82, 2.24) is 19.8 Å². The number of halogens is 1. The molecule has 2 heterocycles. The van der Waals surface area contributed by atoms with Crippen LogP contribution in [-0.2, 0) is 13.5 Å². The molecular weight excluding hydrogens is 307 g/mol. The Morgan fingerprint density at radius 1 is 1.46 bits per heavy atom. The van der Waals surface area contributed by atoms with Gasteiger partial charge >= 0.3 is 6.03 Å². The predicted molar refractivity (Wildman–Crippen MR) is 90.2 cm³/mol. The molecule has 1 aliphatic rings. The molecule has 6 heteroatoms. The number of carbonyl (C=O) groups excluding carboxylic acids is 1. The van der Waals surface area contributed by atoms with Crippen molar-refractivity contribution in [3.63, 3.8) is 0 Å². The monoisotopic (exact) mass is 330 g/mol. The van der Waals surface area contributed by atoms with Crippen LogP contribution >= 0.6 is 0 Å². The number of likely N-dealkylation sites (tertiary alicyclic amines) is 1.